The van der Waals surface area contributed by atoms with Gasteiger partial charge in [-0.3, -0.25) is 0 Å². The van der Waals surface area contributed by atoms with E-state index in [1.54, 1.807) is 6.07 Å². The van der Waals surface area contributed by atoms with E-state index in [1.807, 2.05) is 13.0 Å². The first-order chi connectivity index (χ1) is 7.20. The monoisotopic (exact) mass is 227 g/mol. The normalized spacial score (nSPS) is 21.7. The van der Waals surface area contributed by atoms with Crippen molar-refractivity contribution in [3.05, 3.63) is 34.1 Å². The lowest BCUT2D eigenvalue weighted by molar-refractivity contribution is 0.458. The van der Waals surface area contributed by atoms with Crippen LogP contribution in [-0.4, -0.2) is 13.1 Å². The maximum absolute atomic E-state index is 13.6. The van der Waals surface area contributed by atoms with Crippen LogP contribution in [0.15, 0.2) is 12.1 Å². The molecule has 82 valence electrons. The van der Waals surface area contributed by atoms with Crippen molar-refractivity contribution in [3.63, 3.8) is 0 Å². The van der Waals surface area contributed by atoms with Crippen molar-refractivity contribution < 1.29 is 4.39 Å². The number of piperidine rings is 1. The van der Waals surface area contributed by atoms with E-state index < -0.39 is 0 Å². The van der Waals surface area contributed by atoms with Crippen LogP contribution >= 0.6 is 11.6 Å². The SMILES string of the molecule is Cc1c(C2CCCNC2)ccc(Cl)c1F. The lowest BCUT2D eigenvalue weighted by atomic mass is 9.89. The summed E-state index contributed by atoms with van der Waals surface area (Å²) in [6, 6.07) is 3.62. The van der Waals surface area contributed by atoms with Crippen molar-refractivity contribution in [1.29, 1.82) is 0 Å². The molecule has 1 aliphatic heterocycles. The van der Waals surface area contributed by atoms with Crippen molar-refractivity contribution in [2.75, 3.05) is 13.1 Å². The van der Waals surface area contributed by atoms with Gasteiger partial charge in [-0.1, -0.05) is 17.7 Å². The van der Waals surface area contributed by atoms with Gasteiger partial charge in [0.1, 0.15) is 5.82 Å². The Morgan fingerprint density at radius 1 is 1.47 bits per heavy atom. The van der Waals surface area contributed by atoms with Gasteiger partial charge in [0, 0.05) is 6.54 Å². The first-order valence-electron chi connectivity index (χ1n) is 5.35. The van der Waals surface area contributed by atoms with E-state index in [1.165, 1.54) is 0 Å². The molecule has 1 aromatic carbocycles. The Balaban J connectivity index is 2.31. The van der Waals surface area contributed by atoms with E-state index in [4.69, 9.17) is 11.6 Å². The van der Waals surface area contributed by atoms with Crippen LogP contribution in [-0.2, 0) is 0 Å². The molecule has 2 rings (SSSR count). The molecule has 1 fully saturated rings. The number of hydrogen-bond acceptors (Lipinski definition) is 1. The molecule has 1 saturated heterocycles. The molecule has 0 radical (unpaired) electrons. The molecule has 0 aliphatic carbocycles. The molecule has 0 amide bonds. The zero-order valence-electron chi connectivity index (χ0n) is 8.82. The Kier molecular flexibility index (Phi) is 3.27. The fourth-order valence-corrected chi connectivity index (χ4v) is 2.43. The van der Waals surface area contributed by atoms with Crippen molar-refractivity contribution in [1.82, 2.24) is 5.32 Å². The molecular formula is C12H15ClFN. The minimum Gasteiger partial charge on any atom is -0.316 e. The average Bonchev–Trinajstić information content (AvgIpc) is 2.27. The predicted octanol–water partition coefficient (Wildman–Crippen LogP) is 3.25. The summed E-state index contributed by atoms with van der Waals surface area (Å²) in [5, 5.41) is 3.56. The zero-order chi connectivity index (χ0) is 10.8. The zero-order valence-corrected chi connectivity index (χ0v) is 9.57. The molecule has 0 bridgehead atoms. The van der Waals surface area contributed by atoms with Crippen LogP contribution in [0.25, 0.3) is 0 Å². The lowest BCUT2D eigenvalue weighted by Crippen LogP contribution is -2.28. The molecule has 0 aromatic heterocycles. The van der Waals surface area contributed by atoms with Crippen LogP contribution in [0.2, 0.25) is 5.02 Å². The van der Waals surface area contributed by atoms with E-state index in [0.29, 0.717) is 11.5 Å². The average molecular weight is 228 g/mol. The Hall–Kier alpha value is -0.600. The molecule has 1 unspecified atom stereocenters. The Morgan fingerprint density at radius 3 is 2.93 bits per heavy atom. The highest BCUT2D eigenvalue weighted by Crippen LogP contribution is 2.30. The smallest absolute Gasteiger partial charge is 0.144 e. The van der Waals surface area contributed by atoms with Crippen LogP contribution in [0.1, 0.15) is 29.9 Å². The van der Waals surface area contributed by atoms with Gasteiger partial charge in [-0.05, 0) is 49.4 Å². The number of halogens is 2. The second-order valence-electron chi connectivity index (χ2n) is 4.12. The lowest BCUT2D eigenvalue weighted by Gasteiger charge is -2.24. The van der Waals surface area contributed by atoms with Crippen LogP contribution in [0.3, 0.4) is 0 Å². The third kappa shape index (κ3) is 2.16. The topological polar surface area (TPSA) is 12.0 Å². The number of benzene rings is 1. The Labute approximate surface area is 94.6 Å². The fraction of sp³-hybridized carbons (Fsp3) is 0.500. The molecule has 1 atom stereocenters. The number of hydrogen-bond donors (Lipinski definition) is 1. The maximum Gasteiger partial charge on any atom is 0.144 e. The van der Waals surface area contributed by atoms with Crippen LogP contribution < -0.4 is 5.32 Å². The summed E-state index contributed by atoms with van der Waals surface area (Å²) in [4.78, 5) is 0. The second-order valence-corrected chi connectivity index (χ2v) is 4.53. The summed E-state index contributed by atoms with van der Waals surface area (Å²) in [6.45, 7) is 3.83. The number of rotatable bonds is 1. The minimum atomic E-state index is -0.264. The molecule has 1 aromatic rings. The van der Waals surface area contributed by atoms with Gasteiger partial charge in [0.15, 0.2) is 0 Å². The second kappa shape index (κ2) is 4.50. The third-order valence-corrected chi connectivity index (χ3v) is 3.41. The molecular weight excluding hydrogens is 213 g/mol. The minimum absolute atomic E-state index is 0.222. The van der Waals surface area contributed by atoms with E-state index in [2.05, 4.69) is 5.32 Å². The van der Waals surface area contributed by atoms with Crippen LogP contribution in [0, 0.1) is 12.7 Å². The molecule has 1 N–H and O–H groups in total. The van der Waals surface area contributed by atoms with E-state index in [9.17, 15) is 4.39 Å². The Bertz CT molecular complexity index is 359. The molecule has 1 heterocycles. The van der Waals surface area contributed by atoms with Crippen molar-refractivity contribution in [3.8, 4) is 0 Å². The molecule has 15 heavy (non-hydrogen) atoms. The summed E-state index contributed by atoms with van der Waals surface area (Å²) in [6.07, 6.45) is 2.29. The summed E-state index contributed by atoms with van der Waals surface area (Å²) in [7, 11) is 0. The molecule has 1 nitrogen and oxygen atoms in total. The molecule has 0 spiro atoms. The highest BCUT2D eigenvalue weighted by atomic mass is 35.5. The van der Waals surface area contributed by atoms with E-state index in [-0.39, 0.29) is 10.8 Å². The van der Waals surface area contributed by atoms with Gasteiger partial charge in [0.2, 0.25) is 0 Å². The number of nitrogens with one attached hydrogen (secondary N) is 1. The van der Waals surface area contributed by atoms with Gasteiger partial charge in [0.05, 0.1) is 5.02 Å². The maximum atomic E-state index is 13.6. The van der Waals surface area contributed by atoms with Gasteiger partial charge in [-0.2, -0.15) is 0 Å². The fourth-order valence-electron chi connectivity index (χ4n) is 2.23. The van der Waals surface area contributed by atoms with Gasteiger partial charge in [-0.25, -0.2) is 4.39 Å². The van der Waals surface area contributed by atoms with Crippen molar-refractivity contribution in [2.45, 2.75) is 25.7 Å². The first kappa shape index (κ1) is 10.9. The first-order valence-corrected chi connectivity index (χ1v) is 5.73. The molecule has 3 heteroatoms. The highest BCUT2D eigenvalue weighted by molar-refractivity contribution is 6.30. The molecule has 1 aliphatic rings. The van der Waals surface area contributed by atoms with Crippen LogP contribution in [0.4, 0.5) is 4.39 Å². The van der Waals surface area contributed by atoms with Gasteiger partial charge < -0.3 is 5.32 Å². The van der Waals surface area contributed by atoms with E-state index in [0.717, 1.165) is 31.5 Å². The van der Waals surface area contributed by atoms with Crippen molar-refractivity contribution in [2.24, 2.45) is 0 Å². The van der Waals surface area contributed by atoms with Crippen LogP contribution in [0.5, 0.6) is 0 Å². The summed E-state index contributed by atoms with van der Waals surface area (Å²) >= 11 is 5.73. The van der Waals surface area contributed by atoms with Gasteiger partial charge in [0.25, 0.3) is 0 Å². The third-order valence-electron chi connectivity index (χ3n) is 3.12. The van der Waals surface area contributed by atoms with E-state index >= 15 is 0 Å². The van der Waals surface area contributed by atoms with Crippen molar-refractivity contribution >= 4 is 11.6 Å². The highest BCUT2D eigenvalue weighted by Gasteiger charge is 2.19. The summed E-state index contributed by atoms with van der Waals surface area (Å²) in [5.41, 5.74) is 1.81. The molecule has 0 saturated carbocycles. The predicted molar refractivity (Wildman–Crippen MR) is 61.0 cm³/mol. The summed E-state index contributed by atoms with van der Waals surface area (Å²) < 4.78 is 13.6. The Morgan fingerprint density at radius 2 is 2.27 bits per heavy atom. The van der Waals surface area contributed by atoms with Gasteiger partial charge in [-0.15, -0.1) is 0 Å². The standard InChI is InChI=1S/C12H15ClFN/c1-8-10(4-5-11(13)12(8)14)9-3-2-6-15-7-9/h4-5,9,15H,2-3,6-7H2,1H3. The van der Waals surface area contributed by atoms with Gasteiger partial charge >= 0.3 is 0 Å². The summed E-state index contributed by atoms with van der Waals surface area (Å²) in [5.74, 6) is 0.172. The quantitative estimate of drug-likeness (QED) is 0.777. The largest absolute Gasteiger partial charge is 0.316 e.